The lowest BCUT2D eigenvalue weighted by atomic mass is 10.1. The van der Waals surface area contributed by atoms with Crippen molar-refractivity contribution < 1.29 is 9.90 Å². The van der Waals surface area contributed by atoms with E-state index in [-0.39, 0.29) is 0 Å². The third-order valence-electron chi connectivity index (χ3n) is 2.35. The predicted octanol–water partition coefficient (Wildman–Crippen LogP) is 3.34. The molecule has 2 N–H and O–H groups in total. The van der Waals surface area contributed by atoms with E-state index < -0.39 is 12.0 Å². The van der Waals surface area contributed by atoms with E-state index in [4.69, 9.17) is 28.3 Å². The van der Waals surface area contributed by atoms with E-state index in [2.05, 4.69) is 5.32 Å². The summed E-state index contributed by atoms with van der Waals surface area (Å²) in [7, 11) is 0. The van der Waals surface area contributed by atoms with Gasteiger partial charge in [-0.1, -0.05) is 36.5 Å². The highest BCUT2D eigenvalue weighted by Gasteiger charge is 2.15. The molecule has 0 saturated heterocycles. The molecule has 5 heteroatoms. The summed E-state index contributed by atoms with van der Waals surface area (Å²) >= 11 is 11.7. The minimum Gasteiger partial charge on any atom is -0.480 e. The molecule has 1 atom stereocenters. The number of nitrogens with one attached hydrogen (secondary N) is 1. The van der Waals surface area contributed by atoms with Gasteiger partial charge in [0.2, 0.25) is 0 Å². The van der Waals surface area contributed by atoms with Crippen LogP contribution in [0.5, 0.6) is 0 Å². The number of carboxylic acid groups (broad SMARTS) is 1. The summed E-state index contributed by atoms with van der Waals surface area (Å²) in [5.41, 5.74) is 0.879. The van der Waals surface area contributed by atoms with Crippen LogP contribution in [0.3, 0.4) is 0 Å². The van der Waals surface area contributed by atoms with Crippen LogP contribution < -0.4 is 5.32 Å². The normalized spacial score (nSPS) is 12.4. The smallest absolute Gasteiger partial charge is 0.320 e. The van der Waals surface area contributed by atoms with Gasteiger partial charge < -0.3 is 10.4 Å². The number of carbonyl (C=O) groups is 1. The molecule has 0 radical (unpaired) electrons. The van der Waals surface area contributed by atoms with Gasteiger partial charge in [0, 0.05) is 16.6 Å². The molecular weight excluding hydrogens is 261 g/mol. The molecule has 0 saturated carbocycles. The van der Waals surface area contributed by atoms with Crippen LogP contribution in [-0.4, -0.2) is 17.1 Å². The first-order valence-corrected chi connectivity index (χ1v) is 6.19. The third-order valence-corrected chi connectivity index (χ3v) is 2.79. The van der Waals surface area contributed by atoms with Gasteiger partial charge >= 0.3 is 5.97 Å². The van der Waals surface area contributed by atoms with Crippen LogP contribution >= 0.6 is 23.2 Å². The van der Waals surface area contributed by atoms with Crippen LogP contribution in [0.2, 0.25) is 10.0 Å². The molecule has 0 aliphatic rings. The highest BCUT2D eigenvalue weighted by Crippen LogP contribution is 2.19. The van der Waals surface area contributed by atoms with Crippen molar-refractivity contribution in [1.29, 1.82) is 0 Å². The Morgan fingerprint density at radius 2 is 1.94 bits per heavy atom. The largest absolute Gasteiger partial charge is 0.480 e. The van der Waals surface area contributed by atoms with Crippen molar-refractivity contribution in [2.75, 3.05) is 0 Å². The van der Waals surface area contributed by atoms with Crippen molar-refractivity contribution in [3.8, 4) is 0 Å². The molecule has 3 nitrogen and oxygen atoms in total. The summed E-state index contributed by atoms with van der Waals surface area (Å²) in [6.45, 7) is 2.39. The Morgan fingerprint density at radius 1 is 1.35 bits per heavy atom. The molecule has 0 aliphatic carbocycles. The highest BCUT2D eigenvalue weighted by molar-refractivity contribution is 6.34. The van der Waals surface area contributed by atoms with Crippen molar-refractivity contribution in [2.24, 2.45) is 0 Å². The van der Waals surface area contributed by atoms with E-state index in [1.54, 1.807) is 18.2 Å². The summed E-state index contributed by atoms with van der Waals surface area (Å²) in [4.78, 5) is 10.9. The maximum Gasteiger partial charge on any atom is 0.320 e. The van der Waals surface area contributed by atoms with Crippen molar-refractivity contribution in [3.63, 3.8) is 0 Å². The molecule has 94 valence electrons. The van der Waals surface area contributed by atoms with Gasteiger partial charge in [-0.15, -0.1) is 0 Å². The second-order valence-electron chi connectivity index (χ2n) is 3.84. The molecule has 1 aromatic carbocycles. The Balaban J connectivity index is 2.61. The Hall–Kier alpha value is -0.770. The number of hydrogen-bond donors (Lipinski definition) is 2. The molecule has 0 spiro atoms. The highest BCUT2D eigenvalue weighted by atomic mass is 35.5. The van der Waals surface area contributed by atoms with Crippen LogP contribution in [0.4, 0.5) is 0 Å². The number of hydrogen-bond acceptors (Lipinski definition) is 2. The lowest BCUT2D eigenvalue weighted by Gasteiger charge is -2.13. The standard InChI is InChI=1S/C12H15Cl2NO2/c1-2-3-11(12(16)17)15-7-8-4-9(13)6-10(14)5-8/h4-6,11,15H,2-3,7H2,1H3,(H,16,17). The van der Waals surface area contributed by atoms with Crippen LogP contribution in [0.1, 0.15) is 25.3 Å². The van der Waals surface area contributed by atoms with Gasteiger partial charge in [-0.25, -0.2) is 0 Å². The quantitative estimate of drug-likeness (QED) is 0.837. The lowest BCUT2D eigenvalue weighted by molar-refractivity contribution is -0.139. The fourth-order valence-corrected chi connectivity index (χ4v) is 2.13. The van der Waals surface area contributed by atoms with E-state index in [1.165, 1.54) is 0 Å². The van der Waals surface area contributed by atoms with Gasteiger partial charge in [0.15, 0.2) is 0 Å². The Kier molecular flexibility index (Phi) is 5.75. The topological polar surface area (TPSA) is 49.3 Å². The van der Waals surface area contributed by atoms with E-state index in [0.717, 1.165) is 12.0 Å². The van der Waals surface area contributed by atoms with Gasteiger partial charge in [-0.05, 0) is 30.2 Å². The molecular formula is C12H15Cl2NO2. The Labute approximate surface area is 111 Å². The van der Waals surface area contributed by atoms with Crippen molar-refractivity contribution in [2.45, 2.75) is 32.4 Å². The van der Waals surface area contributed by atoms with Gasteiger partial charge in [0.05, 0.1) is 0 Å². The van der Waals surface area contributed by atoms with Crippen LogP contribution in [0, 0.1) is 0 Å². The Morgan fingerprint density at radius 3 is 2.41 bits per heavy atom. The molecule has 1 aromatic rings. The van der Waals surface area contributed by atoms with E-state index >= 15 is 0 Å². The number of carboxylic acids is 1. The minimum absolute atomic E-state index is 0.442. The molecule has 1 unspecified atom stereocenters. The molecule has 1 rings (SSSR count). The molecule has 0 aromatic heterocycles. The predicted molar refractivity (Wildman–Crippen MR) is 69.6 cm³/mol. The van der Waals surface area contributed by atoms with Crippen molar-refractivity contribution in [1.82, 2.24) is 5.32 Å². The maximum atomic E-state index is 10.9. The number of benzene rings is 1. The zero-order valence-electron chi connectivity index (χ0n) is 9.54. The van der Waals surface area contributed by atoms with E-state index in [9.17, 15) is 4.79 Å². The molecule has 0 aliphatic heterocycles. The first kappa shape index (κ1) is 14.3. The number of halogens is 2. The number of rotatable bonds is 6. The van der Waals surface area contributed by atoms with Crippen LogP contribution in [-0.2, 0) is 11.3 Å². The SMILES string of the molecule is CCCC(NCc1cc(Cl)cc(Cl)c1)C(=O)O. The molecule has 0 bridgehead atoms. The zero-order chi connectivity index (χ0) is 12.8. The van der Waals surface area contributed by atoms with E-state index in [1.807, 2.05) is 6.92 Å². The first-order chi connectivity index (χ1) is 8.02. The summed E-state index contributed by atoms with van der Waals surface area (Å²) in [6, 6.07) is 4.65. The fourth-order valence-electron chi connectivity index (χ4n) is 1.56. The van der Waals surface area contributed by atoms with Gasteiger partial charge in [0.1, 0.15) is 6.04 Å². The summed E-state index contributed by atoms with van der Waals surface area (Å²) in [5.74, 6) is -0.833. The summed E-state index contributed by atoms with van der Waals surface area (Å²) < 4.78 is 0. The molecule has 17 heavy (non-hydrogen) atoms. The zero-order valence-corrected chi connectivity index (χ0v) is 11.1. The third kappa shape index (κ3) is 4.94. The first-order valence-electron chi connectivity index (χ1n) is 5.44. The summed E-state index contributed by atoms with van der Waals surface area (Å²) in [6.07, 6.45) is 1.42. The van der Waals surface area contributed by atoms with Crippen LogP contribution in [0.15, 0.2) is 18.2 Å². The molecule has 0 heterocycles. The lowest BCUT2D eigenvalue weighted by Crippen LogP contribution is -2.35. The Bertz CT molecular complexity index is 376. The van der Waals surface area contributed by atoms with Gasteiger partial charge in [-0.3, -0.25) is 4.79 Å². The van der Waals surface area contributed by atoms with Crippen molar-refractivity contribution >= 4 is 29.2 Å². The average molecular weight is 276 g/mol. The van der Waals surface area contributed by atoms with Crippen molar-refractivity contribution in [3.05, 3.63) is 33.8 Å². The minimum atomic E-state index is -0.833. The fraction of sp³-hybridized carbons (Fsp3) is 0.417. The summed E-state index contributed by atoms with van der Waals surface area (Å²) in [5, 5.41) is 13.1. The van der Waals surface area contributed by atoms with Gasteiger partial charge in [0.25, 0.3) is 0 Å². The second kappa shape index (κ2) is 6.84. The monoisotopic (exact) mass is 275 g/mol. The average Bonchev–Trinajstić information content (AvgIpc) is 2.22. The molecule has 0 fully saturated rings. The van der Waals surface area contributed by atoms with Crippen LogP contribution in [0.25, 0.3) is 0 Å². The van der Waals surface area contributed by atoms with Gasteiger partial charge in [-0.2, -0.15) is 0 Å². The van der Waals surface area contributed by atoms with E-state index in [0.29, 0.717) is 23.0 Å². The second-order valence-corrected chi connectivity index (χ2v) is 4.71. The number of aliphatic carboxylic acids is 1. The molecule has 0 amide bonds. The maximum absolute atomic E-state index is 10.9.